The van der Waals surface area contributed by atoms with Gasteiger partial charge in [-0.1, -0.05) is 48.5 Å². The first kappa shape index (κ1) is 14.8. The first-order valence-corrected chi connectivity index (χ1v) is 7.64. The number of para-hydroxylation sites is 1. The molecule has 0 aliphatic rings. The standard InChI is InChI=1S/C19H18O2S/c1-20-16-10-6-5-9-15(16)19(22)18-14-8-4-3-7-13(14)11-12-17(18)21-2/h3-12,19,22H,1-2H3. The van der Waals surface area contributed by atoms with Gasteiger partial charge in [0.15, 0.2) is 0 Å². The lowest BCUT2D eigenvalue weighted by Crippen LogP contribution is -2.01. The molecule has 0 saturated heterocycles. The number of fused-ring (bicyclic) bond motifs is 1. The lowest BCUT2D eigenvalue weighted by atomic mass is 9.96. The molecule has 0 aromatic heterocycles. The quantitative estimate of drug-likeness (QED) is 0.693. The molecule has 0 saturated carbocycles. The minimum absolute atomic E-state index is 0.128. The molecule has 2 nitrogen and oxygen atoms in total. The Hall–Kier alpha value is -2.13. The summed E-state index contributed by atoms with van der Waals surface area (Å²) in [6.45, 7) is 0. The van der Waals surface area contributed by atoms with Crippen LogP contribution in [-0.4, -0.2) is 14.2 Å². The maximum absolute atomic E-state index is 5.58. The van der Waals surface area contributed by atoms with Gasteiger partial charge in [-0.15, -0.1) is 0 Å². The third-order valence-corrected chi connectivity index (χ3v) is 4.39. The molecule has 112 valence electrons. The fourth-order valence-corrected chi connectivity index (χ4v) is 3.26. The van der Waals surface area contributed by atoms with Gasteiger partial charge in [0.2, 0.25) is 0 Å². The number of benzene rings is 3. The van der Waals surface area contributed by atoms with E-state index in [1.165, 1.54) is 5.39 Å². The van der Waals surface area contributed by atoms with Crippen molar-refractivity contribution in [2.75, 3.05) is 14.2 Å². The van der Waals surface area contributed by atoms with E-state index in [1.807, 2.05) is 42.5 Å². The Morgan fingerprint density at radius 2 is 1.45 bits per heavy atom. The Balaban J connectivity index is 2.24. The predicted octanol–water partition coefficient (Wildman–Crippen LogP) is 4.88. The lowest BCUT2D eigenvalue weighted by molar-refractivity contribution is 0.405. The summed E-state index contributed by atoms with van der Waals surface area (Å²) in [6, 6.07) is 20.3. The van der Waals surface area contributed by atoms with Crippen LogP contribution < -0.4 is 9.47 Å². The highest BCUT2D eigenvalue weighted by Gasteiger charge is 2.20. The normalized spacial score (nSPS) is 12.1. The minimum Gasteiger partial charge on any atom is -0.496 e. The van der Waals surface area contributed by atoms with E-state index < -0.39 is 0 Å². The Morgan fingerprint density at radius 1 is 0.773 bits per heavy atom. The molecular formula is C19H18O2S. The van der Waals surface area contributed by atoms with Crippen molar-refractivity contribution >= 4 is 23.4 Å². The third-order valence-electron chi connectivity index (χ3n) is 3.86. The van der Waals surface area contributed by atoms with Gasteiger partial charge in [-0.05, 0) is 22.9 Å². The van der Waals surface area contributed by atoms with Crippen LogP contribution in [0.3, 0.4) is 0 Å². The van der Waals surface area contributed by atoms with Crippen LogP contribution in [0.25, 0.3) is 10.8 Å². The maximum Gasteiger partial charge on any atom is 0.124 e. The van der Waals surface area contributed by atoms with Crippen molar-refractivity contribution in [3.8, 4) is 11.5 Å². The molecule has 3 heteroatoms. The van der Waals surface area contributed by atoms with Gasteiger partial charge in [0, 0.05) is 11.1 Å². The highest BCUT2D eigenvalue weighted by atomic mass is 32.1. The van der Waals surface area contributed by atoms with Crippen molar-refractivity contribution in [1.82, 2.24) is 0 Å². The summed E-state index contributed by atoms with van der Waals surface area (Å²) in [5.74, 6) is 1.67. The molecule has 3 rings (SSSR count). The molecule has 1 atom stereocenters. The van der Waals surface area contributed by atoms with E-state index in [0.29, 0.717) is 0 Å². The van der Waals surface area contributed by atoms with Gasteiger partial charge in [0.25, 0.3) is 0 Å². The highest BCUT2D eigenvalue weighted by Crippen LogP contribution is 2.42. The van der Waals surface area contributed by atoms with Gasteiger partial charge >= 0.3 is 0 Å². The number of thiol groups is 1. The van der Waals surface area contributed by atoms with Crippen molar-refractivity contribution in [3.05, 3.63) is 71.8 Å². The molecule has 0 fully saturated rings. The van der Waals surface area contributed by atoms with Gasteiger partial charge in [0.1, 0.15) is 11.5 Å². The molecule has 0 bridgehead atoms. The summed E-state index contributed by atoms with van der Waals surface area (Å²) >= 11 is 4.87. The van der Waals surface area contributed by atoms with Crippen molar-refractivity contribution in [3.63, 3.8) is 0 Å². The van der Waals surface area contributed by atoms with E-state index >= 15 is 0 Å². The summed E-state index contributed by atoms with van der Waals surface area (Å²) in [4.78, 5) is 0. The van der Waals surface area contributed by atoms with Crippen LogP contribution in [0.2, 0.25) is 0 Å². The van der Waals surface area contributed by atoms with Crippen molar-refractivity contribution in [2.45, 2.75) is 5.25 Å². The number of ether oxygens (including phenoxy) is 2. The maximum atomic E-state index is 5.58. The van der Waals surface area contributed by atoms with E-state index in [2.05, 4.69) is 18.2 Å². The minimum atomic E-state index is -0.128. The molecule has 0 spiro atoms. The van der Waals surface area contributed by atoms with Crippen molar-refractivity contribution in [2.24, 2.45) is 0 Å². The van der Waals surface area contributed by atoms with Crippen molar-refractivity contribution < 1.29 is 9.47 Å². The first-order valence-electron chi connectivity index (χ1n) is 7.13. The molecule has 0 heterocycles. The van der Waals surface area contributed by atoms with Crippen LogP contribution in [-0.2, 0) is 0 Å². The summed E-state index contributed by atoms with van der Waals surface area (Å²) in [7, 11) is 3.37. The molecule has 0 radical (unpaired) electrons. The fourth-order valence-electron chi connectivity index (χ4n) is 2.78. The molecule has 0 N–H and O–H groups in total. The number of methoxy groups -OCH3 is 2. The average Bonchev–Trinajstić information content (AvgIpc) is 2.60. The summed E-state index contributed by atoms with van der Waals surface area (Å²) in [6.07, 6.45) is 0. The Labute approximate surface area is 136 Å². The second-order valence-electron chi connectivity index (χ2n) is 5.05. The number of hydrogen-bond acceptors (Lipinski definition) is 3. The zero-order valence-electron chi connectivity index (χ0n) is 12.6. The zero-order chi connectivity index (χ0) is 15.5. The summed E-state index contributed by atoms with van der Waals surface area (Å²) in [5.41, 5.74) is 2.09. The molecule has 22 heavy (non-hydrogen) atoms. The van der Waals surface area contributed by atoms with Crippen LogP contribution in [0.4, 0.5) is 0 Å². The average molecular weight is 310 g/mol. The van der Waals surface area contributed by atoms with E-state index in [-0.39, 0.29) is 5.25 Å². The molecule has 3 aromatic carbocycles. The Morgan fingerprint density at radius 3 is 2.23 bits per heavy atom. The van der Waals surface area contributed by atoms with Gasteiger partial charge in [-0.25, -0.2) is 0 Å². The number of rotatable bonds is 4. The van der Waals surface area contributed by atoms with Crippen LogP contribution in [0.1, 0.15) is 16.4 Å². The van der Waals surface area contributed by atoms with Crippen LogP contribution in [0.15, 0.2) is 60.7 Å². The van der Waals surface area contributed by atoms with Crippen LogP contribution in [0.5, 0.6) is 11.5 Å². The van der Waals surface area contributed by atoms with Gasteiger partial charge in [0.05, 0.1) is 19.5 Å². The molecular weight excluding hydrogens is 292 g/mol. The van der Waals surface area contributed by atoms with Gasteiger partial charge in [-0.2, -0.15) is 12.6 Å². The van der Waals surface area contributed by atoms with E-state index in [4.69, 9.17) is 22.1 Å². The molecule has 0 amide bonds. The second-order valence-corrected chi connectivity index (χ2v) is 5.56. The Bertz CT molecular complexity index is 798. The topological polar surface area (TPSA) is 18.5 Å². The SMILES string of the molecule is COc1ccccc1C(S)c1c(OC)ccc2ccccc12. The van der Waals surface area contributed by atoms with Crippen LogP contribution >= 0.6 is 12.6 Å². The third kappa shape index (κ3) is 2.53. The van der Waals surface area contributed by atoms with Gasteiger partial charge in [-0.3, -0.25) is 0 Å². The number of hydrogen-bond donors (Lipinski definition) is 1. The summed E-state index contributed by atoms with van der Waals surface area (Å²) < 4.78 is 11.1. The second kappa shape index (κ2) is 6.32. The monoisotopic (exact) mass is 310 g/mol. The van der Waals surface area contributed by atoms with E-state index in [1.54, 1.807) is 14.2 Å². The van der Waals surface area contributed by atoms with E-state index in [9.17, 15) is 0 Å². The first-order chi connectivity index (χ1) is 10.8. The predicted molar refractivity (Wildman–Crippen MR) is 94.3 cm³/mol. The molecule has 3 aromatic rings. The van der Waals surface area contributed by atoms with Crippen LogP contribution in [0, 0.1) is 0 Å². The fraction of sp³-hybridized carbons (Fsp3) is 0.158. The highest BCUT2D eigenvalue weighted by molar-refractivity contribution is 7.80. The Kier molecular flexibility index (Phi) is 4.25. The van der Waals surface area contributed by atoms with Crippen molar-refractivity contribution in [1.29, 1.82) is 0 Å². The molecule has 1 unspecified atom stereocenters. The largest absolute Gasteiger partial charge is 0.496 e. The molecule has 0 aliphatic heterocycles. The van der Waals surface area contributed by atoms with E-state index in [0.717, 1.165) is 28.0 Å². The lowest BCUT2D eigenvalue weighted by Gasteiger charge is -2.20. The molecule has 0 aliphatic carbocycles. The zero-order valence-corrected chi connectivity index (χ0v) is 13.5. The smallest absolute Gasteiger partial charge is 0.124 e. The van der Waals surface area contributed by atoms with Gasteiger partial charge < -0.3 is 9.47 Å². The summed E-state index contributed by atoms with van der Waals surface area (Å²) in [5, 5.41) is 2.19.